The van der Waals surface area contributed by atoms with Crippen molar-refractivity contribution in [2.75, 3.05) is 39.4 Å². The summed E-state index contributed by atoms with van der Waals surface area (Å²) in [4.78, 5) is 2.43. The predicted molar refractivity (Wildman–Crippen MR) is 80.2 cm³/mol. The summed E-state index contributed by atoms with van der Waals surface area (Å²) < 4.78 is 5.34. The molecule has 0 aromatic rings. The standard InChI is InChI=1S/C14H25N3OS/c19-14(15-3-4-17-5-7-18-8-6-17)16-13-10-11-1-2-12(13)9-11/h11-13H,1-10H2,(H2,15,16,19)/t11-,12-,13-/m0/s1. The van der Waals surface area contributed by atoms with Crippen LogP contribution >= 0.6 is 12.2 Å². The van der Waals surface area contributed by atoms with Crippen LogP contribution in [-0.4, -0.2) is 55.4 Å². The van der Waals surface area contributed by atoms with Gasteiger partial charge in [0, 0.05) is 32.2 Å². The molecule has 0 aromatic heterocycles. The molecule has 108 valence electrons. The second-order valence-electron chi connectivity index (χ2n) is 6.14. The molecule has 1 aliphatic heterocycles. The van der Waals surface area contributed by atoms with Gasteiger partial charge in [0.15, 0.2) is 5.11 Å². The Bertz CT molecular complexity index is 320. The molecule has 0 spiro atoms. The quantitative estimate of drug-likeness (QED) is 0.752. The summed E-state index contributed by atoms with van der Waals surface area (Å²) in [5.41, 5.74) is 0. The van der Waals surface area contributed by atoms with Crippen molar-refractivity contribution in [3.8, 4) is 0 Å². The van der Waals surface area contributed by atoms with E-state index in [2.05, 4.69) is 15.5 Å². The van der Waals surface area contributed by atoms with E-state index in [1.54, 1.807) is 0 Å². The van der Waals surface area contributed by atoms with E-state index in [4.69, 9.17) is 17.0 Å². The molecule has 3 fully saturated rings. The molecular formula is C14H25N3OS. The van der Waals surface area contributed by atoms with E-state index in [0.29, 0.717) is 6.04 Å². The van der Waals surface area contributed by atoms with Gasteiger partial charge >= 0.3 is 0 Å². The SMILES string of the molecule is S=C(NCCN1CCOCC1)N[C@H]1C[C@H]2CC[C@H]1C2. The summed E-state index contributed by atoms with van der Waals surface area (Å²) in [6.45, 7) is 5.83. The molecule has 4 nitrogen and oxygen atoms in total. The minimum Gasteiger partial charge on any atom is -0.379 e. The summed E-state index contributed by atoms with van der Waals surface area (Å²) >= 11 is 5.41. The fraction of sp³-hybridized carbons (Fsp3) is 0.929. The zero-order chi connectivity index (χ0) is 13.1. The van der Waals surface area contributed by atoms with Gasteiger partial charge < -0.3 is 15.4 Å². The molecule has 0 radical (unpaired) electrons. The van der Waals surface area contributed by atoms with Gasteiger partial charge in [-0.1, -0.05) is 6.42 Å². The van der Waals surface area contributed by atoms with E-state index in [1.165, 1.54) is 25.7 Å². The first kappa shape index (κ1) is 13.6. The summed E-state index contributed by atoms with van der Waals surface area (Å²) in [7, 11) is 0. The molecule has 5 heteroatoms. The molecule has 3 rings (SSSR count). The lowest BCUT2D eigenvalue weighted by Crippen LogP contribution is -2.47. The van der Waals surface area contributed by atoms with Crippen molar-refractivity contribution in [3.63, 3.8) is 0 Å². The van der Waals surface area contributed by atoms with Gasteiger partial charge in [-0.05, 0) is 43.3 Å². The van der Waals surface area contributed by atoms with Gasteiger partial charge in [0.2, 0.25) is 0 Å². The number of thiocarbonyl (C=S) groups is 1. The number of morpholine rings is 1. The van der Waals surface area contributed by atoms with Gasteiger partial charge in [0.05, 0.1) is 13.2 Å². The highest BCUT2D eigenvalue weighted by Crippen LogP contribution is 2.44. The van der Waals surface area contributed by atoms with Gasteiger partial charge in [0.1, 0.15) is 0 Å². The normalized spacial score (nSPS) is 34.4. The van der Waals surface area contributed by atoms with Crippen molar-refractivity contribution in [2.24, 2.45) is 11.8 Å². The van der Waals surface area contributed by atoms with Crippen LogP contribution in [0.1, 0.15) is 25.7 Å². The van der Waals surface area contributed by atoms with Crippen molar-refractivity contribution in [1.82, 2.24) is 15.5 Å². The van der Waals surface area contributed by atoms with E-state index in [1.807, 2.05) is 0 Å². The first-order valence-corrected chi connectivity index (χ1v) is 8.06. The molecular weight excluding hydrogens is 258 g/mol. The van der Waals surface area contributed by atoms with Crippen molar-refractivity contribution in [1.29, 1.82) is 0 Å². The Balaban J connectivity index is 1.31. The van der Waals surface area contributed by atoms with Crippen molar-refractivity contribution in [3.05, 3.63) is 0 Å². The van der Waals surface area contributed by atoms with Crippen LogP contribution in [0, 0.1) is 11.8 Å². The highest BCUT2D eigenvalue weighted by Gasteiger charge is 2.39. The highest BCUT2D eigenvalue weighted by molar-refractivity contribution is 7.80. The first-order valence-electron chi connectivity index (χ1n) is 7.66. The van der Waals surface area contributed by atoms with Gasteiger partial charge in [-0.3, -0.25) is 4.90 Å². The third-order valence-corrected chi connectivity index (χ3v) is 5.13. The number of hydrogen-bond donors (Lipinski definition) is 2. The fourth-order valence-corrected chi connectivity index (χ4v) is 4.05. The smallest absolute Gasteiger partial charge is 0.166 e. The Labute approximate surface area is 121 Å². The lowest BCUT2D eigenvalue weighted by Gasteiger charge is -2.28. The van der Waals surface area contributed by atoms with Crippen LogP contribution < -0.4 is 10.6 Å². The Morgan fingerprint density at radius 3 is 2.74 bits per heavy atom. The lowest BCUT2D eigenvalue weighted by molar-refractivity contribution is 0.0389. The Hall–Kier alpha value is -0.390. The van der Waals surface area contributed by atoms with Crippen molar-refractivity contribution >= 4 is 17.3 Å². The number of nitrogens with zero attached hydrogens (tertiary/aromatic N) is 1. The average molecular weight is 283 g/mol. The van der Waals surface area contributed by atoms with Crippen molar-refractivity contribution < 1.29 is 4.74 Å². The van der Waals surface area contributed by atoms with Crippen LogP contribution in [0.4, 0.5) is 0 Å². The predicted octanol–water partition coefficient (Wildman–Crippen LogP) is 0.971. The zero-order valence-corrected chi connectivity index (χ0v) is 12.4. The number of fused-ring (bicyclic) bond motifs is 2. The van der Waals surface area contributed by atoms with Crippen LogP contribution in [0.2, 0.25) is 0 Å². The summed E-state index contributed by atoms with van der Waals surface area (Å²) in [5.74, 6) is 1.85. The summed E-state index contributed by atoms with van der Waals surface area (Å²) in [6, 6.07) is 0.641. The number of rotatable bonds is 4. The maximum atomic E-state index is 5.41. The molecule has 2 saturated carbocycles. The summed E-state index contributed by atoms with van der Waals surface area (Å²) in [5, 5.41) is 7.73. The molecule has 1 heterocycles. The van der Waals surface area contributed by atoms with Gasteiger partial charge in [-0.25, -0.2) is 0 Å². The topological polar surface area (TPSA) is 36.5 Å². The fourth-order valence-electron chi connectivity index (χ4n) is 3.79. The molecule has 3 atom stereocenters. The van der Waals surface area contributed by atoms with E-state index in [0.717, 1.165) is 56.3 Å². The Morgan fingerprint density at radius 1 is 1.21 bits per heavy atom. The van der Waals surface area contributed by atoms with Crippen LogP contribution in [0.5, 0.6) is 0 Å². The van der Waals surface area contributed by atoms with E-state index >= 15 is 0 Å². The van der Waals surface area contributed by atoms with Crippen molar-refractivity contribution in [2.45, 2.75) is 31.7 Å². The lowest BCUT2D eigenvalue weighted by atomic mass is 9.96. The highest BCUT2D eigenvalue weighted by atomic mass is 32.1. The average Bonchev–Trinajstić information content (AvgIpc) is 3.02. The molecule has 2 bridgehead atoms. The molecule has 2 N–H and O–H groups in total. The van der Waals surface area contributed by atoms with Crippen LogP contribution in [0.3, 0.4) is 0 Å². The maximum Gasteiger partial charge on any atom is 0.166 e. The van der Waals surface area contributed by atoms with Gasteiger partial charge in [-0.15, -0.1) is 0 Å². The Morgan fingerprint density at radius 2 is 2.05 bits per heavy atom. The van der Waals surface area contributed by atoms with Gasteiger partial charge in [0.25, 0.3) is 0 Å². The summed E-state index contributed by atoms with van der Waals surface area (Å²) in [6.07, 6.45) is 5.60. The van der Waals surface area contributed by atoms with Gasteiger partial charge in [-0.2, -0.15) is 0 Å². The third kappa shape index (κ3) is 3.58. The number of nitrogens with one attached hydrogen (secondary N) is 2. The van der Waals surface area contributed by atoms with Crippen LogP contribution in [0.15, 0.2) is 0 Å². The molecule has 2 aliphatic carbocycles. The van der Waals surface area contributed by atoms with E-state index < -0.39 is 0 Å². The van der Waals surface area contributed by atoms with E-state index in [-0.39, 0.29) is 0 Å². The minimum absolute atomic E-state index is 0.641. The molecule has 0 unspecified atom stereocenters. The monoisotopic (exact) mass is 283 g/mol. The largest absolute Gasteiger partial charge is 0.379 e. The number of ether oxygens (including phenoxy) is 1. The second kappa shape index (κ2) is 6.37. The molecule has 1 saturated heterocycles. The first-order chi connectivity index (χ1) is 9.31. The maximum absolute atomic E-state index is 5.41. The Kier molecular flexibility index (Phi) is 4.56. The molecule has 19 heavy (non-hydrogen) atoms. The molecule has 0 amide bonds. The second-order valence-corrected chi connectivity index (χ2v) is 6.54. The molecule has 3 aliphatic rings. The van der Waals surface area contributed by atoms with Crippen LogP contribution in [0.25, 0.3) is 0 Å². The minimum atomic E-state index is 0.641. The third-order valence-electron chi connectivity index (χ3n) is 4.87. The number of hydrogen-bond acceptors (Lipinski definition) is 3. The molecule has 0 aromatic carbocycles. The van der Waals surface area contributed by atoms with E-state index in [9.17, 15) is 0 Å². The van der Waals surface area contributed by atoms with Crippen LogP contribution in [-0.2, 0) is 4.74 Å². The zero-order valence-electron chi connectivity index (χ0n) is 11.6.